The van der Waals surface area contributed by atoms with Crippen molar-refractivity contribution in [1.29, 1.82) is 0 Å². The maximum atomic E-state index is 11.9. The van der Waals surface area contributed by atoms with Crippen molar-refractivity contribution in [3.8, 4) is 5.75 Å². The smallest absolute Gasteiger partial charge is 0.263 e. The van der Waals surface area contributed by atoms with Crippen LogP contribution < -0.4 is 10.1 Å². The highest BCUT2D eigenvalue weighted by Gasteiger charge is 2.31. The van der Waals surface area contributed by atoms with Crippen LogP contribution in [0.25, 0.3) is 0 Å². The minimum absolute atomic E-state index is 0.0934. The molecule has 1 aromatic carbocycles. The Balaban J connectivity index is 1.77. The molecule has 0 bridgehead atoms. The second-order valence-corrected chi connectivity index (χ2v) is 5.75. The number of nitrogens with one attached hydrogen (secondary N) is 1. The van der Waals surface area contributed by atoms with Gasteiger partial charge < -0.3 is 15.0 Å². The highest BCUT2D eigenvalue weighted by atomic mass is 16.5. The number of carbonyl (C=O) groups is 1. The molecule has 0 aromatic heterocycles. The molecule has 0 saturated carbocycles. The predicted octanol–water partition coefficient (Wildman–Crippen LogP) is 1.89. The zero-order chi connectivity index (χ0) is 14.1. The third-order valence-electron chi connectivity index (χ3n) is 4.43. The van der Waals surface area contributed by atoms with Crippen LogP contribution in [-0.4, -0.2) is 37.6 Å². The topological polar surface area (TPSA) is 41.6 Å². The summed E-state index contributed by atoms with van der Waals surface area (Å²) >= 11 is 0. The summed E-state index contributed by atoms with van der Waals surface area (Å²) in [5.74, 6) is 0.921. The quantitative estimate of drug-likeness (QED) is 0.915. The number of aryl methyl sites for hydroxylation is 1. The number of rotatable bonds is 3. The molecule has 4 heteroatoms. The minimum atomic E-state index is -0.304. The molecule has 1 N–H and O–H groups in total. The van der Waals surface area contributed by atoms with E-state index < -0.39 is 0 Å². The molecule has 3 rings (SSSR count). The first-order valence-electron chi connectivity index (χ1n) is 7.41. The Hall–Kier alpha value is -1.55. The molecule has 4 nitrogen and oxygen atoms in total. The second kappa shape index (κ2) is 5.44. The average molecular weight is 274 g/mol. The standard InChI is InChI=1S/C16H22N2O2/c1-17-14-5-3-4-11-10-12(6-7-13(11)14)20-15-8-9-18(2)16(15)19/h6-7,10,14-15,17H,3-5,8-9H2,1-2H3. The molecule has 2 unspecified atom stereocenters. The molecule has 2 aliphatic rings. The Morgan fingerprint density at radius 1 is 1.35 bits per heavy atom. The summed E-state index contributed by atoms with van der Waals surface area (Å²) < 4.78 is 5.88. The van der Waals surface area contributed by atoms with Crippen LogP contribution in [0.2, 0.25) is 0 Å². The first-order valence-corrected chi connectivity index (χ1v) is 7.41. The van der Waals surface area contributed by atoms with Gasteiger partial charge in [0.25, 0.3) is 5.91 Å². The number of likely N-dealkylation sites (N-methyl/N-ethyl adjacent to an activating group) is 1. The van der Waals surface area contributed by atoms with Crippen molar-refractivity contribution >= 4 is 5.91 Å². The van der Waals surface area contributed by atoms with E-state index in [1.54, 1.807) is 4.90 Å². The number of likely N-dealkylation sites (tertiary alicyclic amines) is 1. The third-order valence-corrected chi connectivity index (χ3v) is 4.43. The monoisotopic (exact) mass is 274 g/mol. The van der Waals surface area contributed by atoms with Crippen LogP contribution in [0.15, 0.2) is 18.2 Å². The average Bonchev–Trinajstić information content (AvgIpc) is 2.78. The molecule has 108 valence electrons. The van der Waals surface area contributed by atoms with Crippen LogP contribution in [0.3, 0.4) is 0 Å². The minimum Gasteiger partial charge on any atom is -0.481 e. The van der Waals surface area contributed by atoms with E-state index in [1.165, 1.54) is 24.0 Å². The van der Waals surface area contributed by atoms with Crippen molar-refractivity contribution in [3.63, 3.8) is 0 Å². The Bertz CT molecular complexity index is 515. The van der Waals surface area contributed by atoms with E-state index in [1.807, 2.05) is 20.2 Å². The van der Waals surface area contributed by atoms with Crippen LogP contribution in [0.5, 0.6) is 5.75 Å². The number of carbonyl (C=O) groups excluding carboxylic acids is 1. The van der Waals surface area contributed by atoms with Gasteiger partial charge in [0.05, 0.1) is 0 Å². The van der Waals surface area contributed by atoms with Crippen molar-refractivity contribution in [2.75, 3.05) is 20.6 Å². The summed E-state index contributed by atoms with van der Waals surface area (Å²) in [6.45, 7) is 0.788. The number of benzene rings is 1. The third kappa shape index (κ3) is 2.40. The Morgan fingerprint density at radius 2 is 2.20 bits per heavy atom. The van der Waals surface area contributed by atoms with Gasteiger partial charge in [-0.25, -0.2) is 0 Å². The Morgan fingerprint density at radius 3 is 2.90 bits per heavy atom. The van der Waals surface area contributed by atoms with Crippen molar-refractivity contribution < 1.29 is 9.53 Å². The molecule has 1 amide bonds. The summed E-state index contributed by atoms with van der Waals surface area (Å²) in [4.78, 5) is 13.6. The number of fused-ring (bicyclic) bond motifs is 1. The predicted molar refractivity (Wildman–Crippen MR) is 77.9 cm³/mol. The fourth-order valence-electron chi connectivity index (χ4n) is 3.23. The summed E-state index contributed by atoms with van der Waals surface area (Å²) in [5, 5.41) is 3.36. The first-order chi connectivity index (χ1) is 9.69. The maximum Gasteiger partial charge on any atom is 0.263 e. The second-order valence-electron chi connectivity index (χ2n) is 5.75. The van der Waals surface area contributed by atoms with E-state index in [-0.39, 0.29) is 12.0 Å². The molecule has 20 heavy (non-hydrogen) atoms. The van der Waals surface area contributed by atoms with E-state index in [4.69, 9.17) is 4.74 Å². The molecule has 1 aliphatic heterocycles. The van der Waals surface area contributed by atoms with Crippen LogP contribution >= 0.6 is 0 Å². The van der Waals surface area contributed by atoms with Crippen LogP contribution in [-0.2, 0) is 11.2 Å². The first kappa shape index (κ1) is 13.4. The molecule has 1 fully saturated rings. The van der Waals surface area contributed by atoms with Crippen molar-refractivity contribution in [2.24, 2.45) is 0 Å². The highest BCUT2D eigenvalue weighted by Crippen LogP contribution is 2.32. The highest BCUT2D eigenvalue weighted by molar-refractivity contribution is 5.83. The van der Waals surface area contributed by atoms with Gasteiger partial charge in [0.15, 0.2) is 6.10 Å². The molecule has 1 heterocycles. The maximum absolute atomic E-state index is 11.9. The van der Waals surface area contributed by atoms with Gasteiger partial charge in [-0.2, -0.15) is 0 Å². The molecule has 1 aliphatic carbocycles. The zero-order valence-corrected chi connectivity index (χ0v) is 12.2. The molecule has 1 aromatic rings. The summed E-state index contributed by atoms with van der Waals surface area (Å²) in [5.41, 5.74) is 2.73. The molecular formula is C16H22N2O2. The zero-order valence-electron chi connectivity index (χ0n) is 12.2. The Kier molecular flexibility index (Phi) is 3.66. The molecular weight excluding hydrogens is 252 g/mol. The molecule has 0 radical (unpaired) electrons. The van der Waals surface area contributed by atoms with Gasteiger partial charge in [-0.3, -0.25) is 4.79 Å². The van der Waals surface area contributed by atoms with Gasteiger partial charge in [0, 0.05) is 26.1 Å². The number of nitrogens with zero attached hydrogens (tertiary/aromatic N) is 1. The molecule has 2 atom stereocenters. The van der Waals surface area contributed by atoms with E-state index in [9.17, 15) is 4.79 Å². The van der Waals surface area contributed by atoms with Crippen molar-refractivity contribution in [3.05, 3.63) is 29.3 Å². The summed E-state index contributed by atoms with van der Waals surface area (Å²) in [7, 11) is 3.84. The lowest BCUT2D eigenvalue weighted by Gasteiger charge is -2.26. The lowest BCUT2D eigenvalue weighted by atomic mass is 9.87. The van der Waals surface area contributed by atoms with Gasteiger partial charge in [-0.1, -0.05) is 6.07 Å². The van der Waals surface area contributed by atoms with Gasteiger partial charge >= 0.3 is 0 Å². The van der Waals surface area contributed by atoms with Crippen LogP contribution in [0.1, 0.15) is 36.4 Å². The van der Waals surface area contributed by atoms with Gasteiger partial charge in [-0.05, 0) is 49.6 Å². The lowest BCUT2D eigenvalue weighted by molar-refractivity contribution is -0.132. The van der Waals surface area contributed by atoms with E-state index in [0.717, 1.165) is 25.1 Å². The fourth-order valence-corrected chi connectivity index (χ4v) is 3.23. The van der Waals surface area contributed by atoms with Gasteiger partial charge in [0.2, 0.25) is 0 Å². The number of hydrogen-bond donors (Lipinski definition) is 1. The summed E-state index contributed by atoms with van der Waals surface area (Å²) in [6.07, 6.45) is 3.97. The SMILES string of the molecule is CNC1CCCc2cc(OC3CCN(C)C3=O)ccc21. The largest absolute Gasteiger partial charge is 0.481 e. The van der Waals surface area contributed by atoms with Crippen molar-refractivity contribution in [1.82, 2.24) is 10.2 Å². The van der Waals surface area contributed by atoms with E-state index in [0.29, 0.717) is 6.04 Å². The number of hydrogen-bond acceptors (Lipinski definition) is 3. The summed E-state index contributed by atoms with van der Waals surface area (Å²) in [6, 6.07) is 6.71. The molecule has 0 spiro atoms. The number of amides is 1. The van der Waals surface area contributed by atoms with E-state index in [2.05, 4.69) is 17.4 Å². The lowest BCUT2D eigenvalue weighted by Crippen LogP contribution is -2.29. The van der Waals surface area contributed by atoms with Gasteiger partial charge in [-0.15, -0.1) is 0 Å². The Labute approximate surface area is 120 Å². The van der Waals surface area contributed by atoms with E-state index >= 15 is 0 Å². The normalized spacial score (nSPS) is 25.7. The number of ether oxygens (including phenoxy) is 1. The van der Waals surface area contributed by atoms with Crippen LogP contribution in [0.4, 0.5) is 0 Å². The fraction of sp³-hybridized carbons (Fsp3) is 0.562. The van der Waals surface area contributed by atoms with Crippen molar-refractivity contribution in [2.45, 2.75) is 37.8 Å². The van der Waals surface area contributed by atoms with Crippen LogP contribution in [0, 0.1) is 0 Å². The van der Waals surface area contributed by atoms with Gasteiger partial charge in [0.1, 0.15) is 5.75 Å². The molecule has 1 saturated heterocycles.